The molecule has 0 aliphatic heterocycles. The minimum absolute atomic E-state index is 0.0159. The zero-order valence-electron chi connectivity index (χ0n) is 71.6. The average molecular weight is 1760 g/mol. The van der Waals surface area contributed by atoms with Gasteiger partial charge in [-0.05, 0) is 140 Å². The number of aromatic amines is 1. The van der Waals surface area contributed by atoms with Crippen LogP contribution in [0, 0.1) is 17.2 Å². The number of H-pyrrole nitrogens is 1. The monoisotopic (exact) mass is 1760 g/mol. The zero-order valence-corrected chi connectivity index (χ0v) is 72.4. The van der Waals surface area contributed by atoms with E-state index in [1.54, 1.807) is 94.6 Å². The number of nitrogens with one attached hydrogen (secondary N) is 17. The van der Waals surface area contributed by atoms with Crippen molar-refractivity contribution in [3.8, 4) is 0 Å². The Morgan fingerprint density at radius 2 is 0.823 bits per heavy atom. The van der Waals surface area contributed by atoms with Crippen molar-refractivity contribution >= 4 is 118 Å². The Kier molecular flexibility index (Phi) is 48.0. The van der Waals surface area contributed by atoms with Crippen molar-refractivity contribution in [2.75, 3.05) is 31.6 Å². The number of primary amides is 2. The van der Waals surface area contributed by atoms with Crippen LogP contribution in [-0.2, 0) is 101 Å². The molecule has 17 atom stereocenters. The molecule has 3 aromatic rings. The van der Waals surface area contributed by atoms with Crippen molar-refractivity contribution in [3.63, 3.8) is 0 Å². The number of carboxylic acid groups (broad SMARTS) is 1. The molecule has 0 radical (unpaired) electrons. The van der Waals surface area contributed by atoms with E-state index in [1.165, 1.54) is 52.0 Å². The van der Waals surface area contributed by atoms with Gasteiger partial charge in [0.2, 0.25) is 94.5 Å². The normalized spacial score (nSPS) is 15.2. The molecule has 0 fully saturated rings. The highest BCUT2D eigenvalue weighted by atomic mass is 32.2. The molecule has 0 saturated carbocycles. The number of guanidine groups is 1. The van der Waals surface area contributed by atoms with E-state index in [9.17, 15) is 91.7 Å². The molecule has 0 bridgehead atoms. The van der Waals surface area contributed by atoms with E-state index in [1.807, 2.05) is 0 Å². The van der Waals surface area contributed by atoms with Crippen LogP contribution in [0.3, 0.4) is 0 Å². The van der Waals surface area contributed by atoms with Gasteiger partial charge in [-0.1, -0.05) is 94.8 Å². The second-order valence-electron chi connectivity index (χ2n) is 30.6. The minimum atomic E-state index is -1.88. The predicted molar refractivity (Wildman–Crippen MR) is 458 cm³/mol. The molecule has 43 nitrogen and oxygen atoms in total. The highest BCUT2D eigenvalue weighted by Gasteiger charge is 2.40. The first-order valence-corrected chi connectivity index (χ1v) is 42.5. The lowest BCUT2D eigenvalue weighted by Gasteiger charge is -2.29. The van der Waals surface area contributed by atoms with Gasteiger partial charge in [0.1, 0.15) is 90.6 Å². The summed E-state index contributed by atoms with van der Waals surface area (Å²) in [5.74, 6) is -17.8. The standard InChI is InChI=1S/C80H128N24O19S/c1-10-43(4)64(104-75(118)57(37-49-24-15-12-16-25-49)99-66(109)45(6)91-65(108)44(5)92-68(111)54(31-35-124-9)96-71(114)53(29-30-60(83)106)97-77(120)63(42(2)3)103-67(110)46(7)93-76(119)62(85)47(8)105)78(121)102-58(38-50-40-88-41-90-50)73(116)101-59(39-61(84)107)74(117)100-56(36-48-22-13-11-14-23-48)72(115)95-51(26-17-19-32-81)69(112)94-52(28-21-34-89-80(86)87)70(113)98-55(79(122)123)27-18-20-33-82/h11-16,22-25,40-47,51-59,62-64,105H,10,17-21,26-39,81-82,85H2,1-9H3,(H2,83,106)(H2,84,107)(H,88,90)(H,91,108)(H,92,111)(H,93,119)(H,94,112)(H,95,115)(H,96,114)(H,97,120)(H,98,113)(H,99,109)(H,100,117)(H,101,116)(H,102,121)(H,103,110)(H,104,118)(H,122,123)(H4,86,87,89)/t43-,44-,45-,46-,47+,51-,52-,53-,54-,55-,56-,57-,58-,59-,62-,63-,64-/m0/s1. The third-order valence-corrected chi connectivity index (χ3v) is 20.6. The molecule has 3 rings (SSSR count). The number of carboxylic acids is 1. The largest absolute Gasteiger partial charge is 0.480 e. The first-order chi connectivity index (χ1) is 58.6. The van der Waals surface area contributed by atoms with Crippen LogP contribution in [0.5, 0.6) is 0 Å². The van der Waals surface area contributed by atoms with Gasteiger partial charge in [-0.3, -0.25) is 82.1 Å². The number of benzene rings is 2. The Labute approximate surface area is 724 Å². The number of thioether (sulfide) groups is 1. The summed E-state index contributed by atoms with van der Waals surface area (Å²) in [7, 11) is 0. The minimum Gasteiger partial charge on any atom is -0.480 e. The molecule has 124 heavy (non-hydrogen) atoms. The lowest BCUT2D eigenvalue weighted by Crippen LogP contribution is -2.62. The Morgan fingerprint density at radius 1 is 0.444 bits per heavy atom. The van der Waals surface area contributed by atoms with Crippen molar-refractivity contribution in [2.24, 2.45) is 46.2 Å². The van der Waals surface area contributed by atoms with E-state index >= 15 is 0 Å². The zero-order chi connectivity index (χ0) is 92.9. The number of carbonyl (C=O) groups is 17. The summed E-state index contributed by atoms with van der Waals surface area (Å²) in [5.41, 5.74) is 35.0. The predicted octanol–water partition coefficient (Wildman–Crippen LogP) is -5.81. The number of aliphatic carboxylic acids is 1. The van der Waals surface area contributed by atoms with Crippen LogP contribution in [0.4, 0.5) is 0 Å². The fourth-order valence-electron chi connectivity index (χ4n) is 12.3. The maximum absolute atomic E-state index is 14.9. The van der Waals surface area contributed by atoms with Gasteiger partial charge < -0.3 is 129 Å². The molecule has 0 unspecified atom stereocenters. The summed E-state index contributed by atoms with van der Waals surface area (Å²) in [6.07, 6.45) is 2.21. The topological polar surface area (TPSA) is 720 Å². The summed E-state index contributed by atoms with van der Waals surface area (Å²) in [6.45, 7) is 12.2. The van der Waals surface area contributed by atoms with Gasteiger partial charge in [-0.15, -0.1) is 0 Å². The first kappa shape index (κ1) is 106. The van der Waals surface area contributed by atoms with Crippen LogP contribution >= 0.6 is 11.8 Å². The van der Waals surface area contributed by atoms with Crippen molar-refractivity contribution in [1.82, 2.24) is 89.7 Å². The van der Waals surface area contributed by atoms with Gasteiger partial charge in [0.05, 0.1) is 18.9 Å². The Bertz CT molecular complexity index is 4020. The molecule has 0 saturated heterocycles. The number of hydrogen-bond acceptors (Lipinski definition) is 24. The number of nitrogens with two attached hydrogens (primary N) is 6. The van der Waals surface area contributed by atoms with E-state index in [-0.39, 0.29) is 108 Å². The summed E-state index contributed by atoms with van der Waals surface area (Å²) < 4.78 is 0. The number of carbonyl (C=O) groups excluding carboxylic acids is 16. The maximum atomic E-state index is 14.9. The SMILES string of the molecule is CC[C@H](C)[C@H](NC(=O)[C@H](Cc1ccccc1)NC(=O)[C@H](C)NC(=O)[C@H](C)NC(=O)[C@H](CCSC)NC(=O)[C@H](CCC(N)=O)NC(=O)[C@@H](NC(=O)[C@H](C)NC(=O)[C@@H](N)[C@@H](C)O)C(C)C)C(=O)N[C@@H](Cc1cnc[nH]1)C(=O)N[C@@H](CC(N)=O)C(=O)N[C@@H](Cc1ccccc1)C(=O)N[C@@H](CCCCN)C(=O)N[C@@H](CCCNC(=N)N)C(=O)N[C@@H](CCCCN)C(=O)O. The molecule has 1 aromatic heterocycles. The quantitative estimate of drug-likeness (QED) is 0.0142. The molecule has 0 aliphatic rings. The first-order valence-electron chi connectivity index (χ1n) is 41.2. The second kappa shape index (κ2) is 56.0. The number of unbranched alkanes of at least 4 members (excludes halogenated alkanes) is 2. The molecule has 688 valence electrons. The molecule has 0 aliphatic carbocycles. The third kappa shape index (κ3) is 39.1. The Balaban J connectivity index is 1.94. The highest BCUT2D eigenvalue weighted by Crippen LogP contribution is 2.16. The molecule has 44 heteroatoms. The fraction of sp³-hybridized carbons (Fsp3) is 0.588. The summed E-state index contributed by atoms with van der Waals surface area (Å²) in [4.78, 5) is 243. The number of aliphatic hydroxyl groups is 1. The molecule has 16 amide bonds. The summed E-state index contributed by atoms with van der Waals surface area (Å²) >= 11 is 1.30. The molecule has 0 spiro atoms. The van der Waals surface area contributed by atoms with Gasteiger partial charge in [-0.25, -0.2) is 9.78 Å². The van der Waals surface area contributed by atoms with Gasteiger partial charge in [0.25, 0.3) is 0 Å². The fourth-order valence-corrected chi connectivity index (χ4v) is 12.8. The number of hydrogen-bond donors (Lipinski definition) is 25. The Morgan fingerprint density at radius 3 is 1.28 bits per heavy atom. The van der Waals surface area contributed by atoms with Crippen molar-refractivity contribution in [3.05, 3.63) is 90.0 Å². The molecular formula is C80H128N24O19S. The van der Waals surface area contributed by atoms with Crippen LogP contribution in [0.2, 0.25) is 0 Å². The summed E-state index contributed by atoms with van der Waals surface area (Å²) in [6, 6.07) is -5.39. The number of aliphatic hydroxyl groups excluding tert-OH is 1. The maximum Gasteiger partial charge on any atom is 0.326 e. The van der Waals surface area contributed by atoms with E-state index in [0.29, 0.717) is 30.4 Å². The second-order valence-corrected chi connectivity index (χ2v) is 31.6. The van der Waals surface area contributed by atoms with Gasteiger partial charge in [0.15, 0.2) is 5.96 Å². The lowest BCUT2D eigenvalue weighted by atomic mass is 9.96. The molecule has 31 N–H and O–H groups in total. The van der Waals surface area contributed by atoms with E-state index in [0.717, 1.165) is 0 Å². The van der Waals surface area contributed by atoms with Crippen LogP contribution < -0.4 is 114 Å². The van der Waals surface area contributed by atoms with Gasteiger partial charge in [-0.2, -0.15) is 11.8 Å². The number of nitrogens with zero attached hydrogens (tertiary/aromatic N) is 1. The van der Waals surface area contributed by atoms with E-state index in [4.69, 9.17) is 39.8 Å². The smallest absolute Gasteiger partial charge is 0.326 e. The van der Waals surface area contributed by atoms with Crippen LogP contribution in [0.15, 0.2) is 73.2 Å². The Hall–Kier alpha value is -11.9. The number of amides is 16. The number of rotatable bonds is 59. The van der Waals surface area contributed by atoms with E-state index in [2.05, 4.69) is 89.7 Å². The van der Waals surface area contributed by atoms with Crippen molar-refractivity contribution < 1.29 is 91.7 Å². The van der Waals surface area contributed by atoms with Crippen LogP contribution in [-0.4, -0.2) is 255 Å². The molecule has 2 aromatic carbocycles. The molecule has 1 heterocycles. The van der Waals surface area contributed by atoms with E-state index < -0.39 is 222 Å². The van der Waals surface area contributed by atoms with Gasteiger partial charge in [0, 0.05) is 44.1 Å². The highest BCUT2D eigenvalue weighted by molar-refractivity contribution is 7.98. The van der Waals surface area contributed by atoms with Crippen molar-refractivity contribution in [2.45, 2.75) is 255 Å². The molecular weight excluding hydrogens is 1630 g/mol. The number of imidazole rings is 1. The van der Waals surface area contributed by atoms with Gasteiger partial charge >= 0.3 is 5.97 Å². The van der Waals surface area contributed by atoms with Crippen molar-refractivity contribution in [1.29, 1.82) is 5.41 Å². The third-order valence-electron chi connectivity index (χ3n) is 19.9. The van der Waals surface area contributed by atoms with Crippen LogP contribution in [0.25, 0.3) is 0 Å². The number of aromatic nitrogens is 2. The average Bonchev–Trinajstić information content (AvgIpc) is 1.05. The summed E-state index contributed by atoms with van der Waals surface area (Å²) in [5, 5.41) is 65.7. The van der Waals surface area contributed by atoms with Crippen LogP contribution in [0.1, 0.15) is 156 Å². The lowest BCUT2D eigenvalue weighted by molar-refractivity contribution is -0.142.